The molecule has 4 heteroatoms. The summed E-state index contributed by atoms with van der Waals surface area (Å²) >= 11 is 5.89. The third kappa shape index (κ3) is 4.31. The zero-order chi connectivity index (χ0) is 12.8. The van der Waals surface area contributed by atoms with Crippen LogP contribution in [-0.2, 0) is 11.2 Å². The lowest BCUT2D eigenvalue weighted by Gasteiger charge is -2.22. The van der Waals surface area contributed by atoms with Gasteiger partial charge in [0.05, 0.1) is 6.42 Å². The molecule has 0 aliphatic carbocycles. The molecule has 1 saturated heterocycles. The first-order valence-electron chi connectivity index (χ1n) is 6.46. The fourth-order valence-electron chi connectivity index (χ4n) is 2.25. The summed E-state index contributed by atoms with van der Waals surface area (Å²) in [6, 6.07) is 7.45. The molecule has 2 N–H and O–H groups in total. The first-order valence-corrected chi connectivity index (χ1v) is 6.83. The minimum atomic E-state index is 0.0721. The quantitative estimate of drug-likeness (QED) is 0.875. The van der Waals surface area contributed by atoms with Gasteiger partial charge in [0.1, 0.15) is 0 Å². The standard InChI is InChI=1S/C14H19ClN2O/c15-13-5-1-3-11(7-13)8-14(18)17-10-12-4-2-6-16-9-12/h1,3,5,7,12,16H,2,4,6,8-10H2,(H,17,18)/t12-/m0/s1. The lowest BCUT2D eigenvalue weighted by atomic mass is 10.00. The Labute approximate surface area is 113 Å². The molecule has 0 unspecified atom stereocenters. The summed E-state index contributed by atoms with van der Waals surface area (Å²) in [7, 11) is 0. The number of rotatable bonds is 4. The number of carbonyl (C=O) groups excluding carboxylic acids is 1. The van der Waals surface area contributed by atoms with Crippen molar-refractivity contribution in [2.24, 2.45) is 5.92 Å². The van der Waals surface area contributed by atoms with Crippen molar-refractivity contribution in [3.05, 3.63) is 34.9 Å². The minimum Gasteiger partial charge on any atom is -0.355 e. The molecule has 1 aromatic rings. The molecule has 0 bridgehead atoms. The fraction of sp³-hybridized carbons (Fsp3) is 0.500. The summed E-state index contributed by atoms with van der Waals surface area (Å²) in [6.07, 6.45) is 2.81. The maximum Gasteiger partial charge on any atom is 0.224 e. The molecule has 2 rings (SSSR count). The summed E-state index contributed by atoms with van der Waals surface area (Å²) in [4.78, 5) is 11.8. The molecular formula is C14H19ClN2O. The minimum absolute atomic E-state index is 0.0721. The van der Waals surface area contributed by atoms with Crippen molar-refractivity contribution < 1.29 is 4.79 Å². The monoisotopic (exact) mass is 266 g/mol. The number of nitrogens with one attached hydrogen (secondary N) is 2. The van der Waals surface area contributed by atoms with Crippen molar-refractivity contribution in [1.29, 1.82) is 0 Å². The summed E-state index contributed by atoms with van der Waals surface area (Å²) in [5.41, 5.74) is 0.960. The number of amides is 1. The third-order valence-corrected chi connectivity index (χ3v) is 3.48. The molecule has 3 nitrogen and oxygen atoms in total. The molecule has 18 heavy (non-hydrogen) atoms. The number of hydrogen-bond donors (Lipinski definition) is 2. The van der Waals surface area contributed by atoms with Crippen LogP contribution in [0.3, 0.4) is 0 Å². The van der Waals surface area contributed by atoms with E-state index in [2.05, 4.69) is 10.6 Å². The van der Waals surface area contributed by atoms with Gasteiger partial charge >= 0.3 is 0 Å². The van der Waals surface area contributed by atoms with Crippen LogP contribution in [-0.4, -0.2) is 25.5 Å². The van der Waals surface area contributed by atoms with Crippen LogP contribution in [0.25, 0.3) is 0 Å². The molecule has 1 atom stereocenters. The van der Waals surface area contributed by atoms with E-state index in [0.717, 1.165) is 25.2 Å². The normalized spacial score (nSPS) is 19.5. The molecule has 1 aromatic carbocycles. The summed E-state index contributed by atoms with van der Waals surface area (Å²) in [5, 5.41) is 7.02. The van der Waals surface area contributed by atoms with Gasteiger partial charge in [0.25, 0.3) is 0 Å². The highest BCUT2D eigenvalue weighted by Crippen LogP contribution is 2.11. The Bertz CT molecular complexity index is 403. The predicted octanol–water partition coefficient (Wildman–Crippen LogP) is 2.00. The van der Waals surface area contributed by atoms with Crippen LogP contribution in [0.15, 0.2) is 24.3 Å². The van der Waals surface area contributed by atoms with Crippen LogP contribution >= 0.6 is 11.6 Å². The van der Waals surface area contributed by atoms with Crippen LogP contribution in [0.5, 0.6) is 0 Å². The molecule has 1 amide bonds. The summed E-state index contributed by atoms with van der Waals surface area (Å²) in [5.74, 6) is 0.643. The number of hydrogen-bond acceptors (Lipinski definition) is 2. The van der Waals surface area contributed by atoms with E-state index in [4.69, 9.17) is 11.6 Å². The van der Waals surface area contributed by atoms with Gasteiger partial charge in [0.2, 0.25) is 5.91 Å². The Morgan fingerprint density at radius 3 is 3.11 bits per heavy atom. The predicted molar refractivity (Wildman–Crippen MR) is 73.8 cm³/mol. The van der Waals surface area contributed by atoms with Gasteiger partial charge < -0.3 is 10.6 Å². The Hall–Kier alpha value is -1.06. The van der Waals surface area contributed by atoms with E-state index in [0.29, 0.717) is 17.4 Å². The molecule has 0 aromatic heterocycles. The van der Waals surface area contributed by atoms with Crippen molar-refractivity contribution in [3.63, 3.8) is 0 Å². The van der Waals surface area contributed by atoms with Crippen LogP contribution in [0.2, 0.25) is 5.02 Å². The topological polar surface area (TPSA) is 41.1 Å². The number of halogens is 1. The van der Waals surface area contributed by atoms with Crippen molar-refractivity contribution in [3.8, 4) is 0 Å². The van der Waals surface area contributed by atoms with Gasteiger partial charge in [0, 0.05) is 11.6 Å². The Morgan fingerprint density at radius 1 is 1.50 bits per heavy atom. The second kappa shape index (κ2) is 6.76. The third-order valence-electron chi connectivity index (χ3n) is 3.24. The second-order valence-electron chi connectivity index (χ2n) is 4.82. The lowest BCUT2D eigenvalue weighted by molar-refractivity contribution is -0.120. The zero-order valence-corrected chi connectivity index (χ0v) is 11.2. The smallest absolute Gasteiger partial charge is 0.224 e. The van der Waals surface area contributed by atoms with E-state index in [-0.39, 0.29) is 5.91 Å². The highest BCUT2D eigenvalue weighted by atomic mass is 35.5. The van der Waals surface area contributed by atoms with Gasteiger partial charge in [-0.15, -0.1) is 0 Å². The molecule has 1 aliphatic rings. The number of carbonyl (C=O) groups is 1. The van der Waals surface area contributed by atoms with Crippen molar-refractivity contribution in [1.82, 2.24) is 10.6 Å². The van der Waals surface area contributed by atoms with Crippen LogP contribution in [0, 0.1) is 5.92 Å². The molecule has 1 fully saturated rings. The molecule has 1 heterocycles. The van der Waals surface area contributed by atoms with Gasteiger partial charge in [-0.3, -0.25) is 4.79 Å². The van der Waals surface area contributed by atoms with E-state index < -0.39 is 0 Å². The van der Waals surface area contributed by atoms with E-state index in [9.17, 15) is 4.79 Å². The largest absolute Gasteiger partial charge is 0.355 e. The van der Waals surface area contributed by atoms with Crippen molar-refractivity contribution >= 4 is 17.5 Å². The van der Waals surface area contributed by atoms with E-state index in [1.807, 2.05) is 24.3 Å². The molecular weight excluding hydrogens is 248 g/mol. The summed E-state index contributed by atoms with van der Waals surface area (Å²) in [6.45, 7) is 2.89. The average molecular weight is 267 g/mol. The Balaban J connectivity index is 1.74. The SMILES string of the molecule is O=C(Cc1cccc(Cl)c1)NC[C@H]1CCCNC1. The first-order chi connectivity index (χ1) is 8.74. The molecule has 0 spiro atoms. The first kappa shape index (κ1) is 13.4. The van der Waals surface area contributed by atoms with E-state index >= 15 is 0 Å². The van der Waals surface area contributed by atoms with Gasteiger partial charge in [-0.25, -0.2) is 0 Å². The lowest BCUT2D eigenvalue weighted by Crippen LogP contribution is -2.38. The van der Waals surface area contributed by atoms with Gasteiger partial charge in [0.15, 0.2) is 0 Å². The Morgan fingerprint density at radius 2 is 2.39 bits per heavy atom. The van der Waals surface area contributed by atoms with Gasteiger partial charge in [-0.2, -0.15) is 0 Å². The maximum atomic E-state index is 11.8. The number of benzene rings is 1. The molecule has 0 radical (unpaired) electrons. The second-order valence-corrected chi connectivity index (χ2v) is 5.26. The van der Waals surface area contributed by atoms with E-state index in [1.54, 1.807) is 0 Å². The van der Waals surface area contributed by atoms with Crippen LogP contribution in [0.4, 0.5) is 0 Å². The molecule has 98 valence electrons. The Kier molecular flexibility index (Phi) is 5.02. The average Bonchev–Trinajstić information content (AvgIpc) is 2.38. The van der Waals surface area contributed by atoms with Crippen molar-refractivity contribution in [2.75, 3.05) is 19.6 Å². The fourth-order valence-corrected chi connectivity index (χ4v) is 2.46. The van der Waals surface area contributed by atoms with Crippen LogP contribution < -0.4 is 10.6 Å². The van der Waals surface area contributed by atoms with Gasteiger partial charge in [-0.05, 0) is 49.5 Å². The highest BCUT2D eigenvalue weighted by molar-refractivity contribution is 6.30. The van der Waals surface area contributed by atoms with E-state index in [1.165, 1.54) is 12.8 Å². The molecule has 0 saturated carbocycles. The number of piperidine rings is 1. The summed E-state index contributed by atoms with van der Waals surface area (Å²) < 4.78 is 0. The zero-order valence-electron chi connectivity index (χ0n) is 10.4. The maximum absolute atomic E-state index is 11.8. The highest BCUT2D eigenvalue weighted by Gasteiger charge is 2.13. The van der Waals surface area contributed by atoms with Gasteiger partial charge in [-0.1, -0.05) is 23.7 Å². The van der Waals surface area contributed by atoms with Crippen molar-refractivity contribution in [2.45, 2.75) is 19.3 Å². The molecule has 1 aliphatic heterocycles. The van der Waals surface area contributed by atoms with Crippen LogP contribution in [0.1, 0.15) is 18.4 Å².